The van der Waals surface area contributed by atoms with Gasteiger partial charge in [0.05, 0.1) is 12.8 Å². The summed E-state index contributed by atoms with van der Waals surface area (Å²) < 4.78 is 10.6. The van der Waals surface area contributed by atoms with Crippen molar-refractivity contribution in [2.24, 2.45) is 0 Å². The number of ether oxygens (including phenoxy) is 1. The number of fused-ring (bicyclic) bond motifs is 1. The summed E-state index contributed by atoms with van der Waals surface area (Å²) in [6.07, 6.45) is 3.37. The first-order valence-corrected chi connectivity index (χ1v) is 8.47. The van der Waals surface area contributed by atoms with E-state index in [2.05, 4.69) is 20.4 Å². The maximum Gasteiger partial charge on any atom is 0.322 e. The van der Waals surface area contributed by atoms with E-state index in [0.29, 0.717) is 29.8 Å². The van der Waals surface area contributed by atoms with E-state index in [9.17, 15) is 4.79 Å². The van der Waals surface area contributed by atoms with Crippen LogP contribution in [0.4, 0.5) is 10.5 Å². The lowest BCUT2D eigenvalue weighted by atomic mass is 10.1. The zero-order valence-corrected chi connectivity index (χ0v) is 14.6. The van der Waals surface area contributed by atoms with E-state index in [1.807, 2.05) is 24.3 Å². The number of amides is 2. The van der Waals surface area contributed by atoms with Crippen LogP contribution in [0.15, 0.2) is 35.0 Å². The number of nitrogens with one attached hydrogen (secondary N) is 1. The summed E-state index contributed by atoms with van der Waals surface area (Å²) >= 11 is 0. The molecule has 1 N–H and O–H groups in total. The number of aryl methyl sites for hydroxylation is 1. The monoisotopic (exact) mass is 353 g/mol. The molecular weight excluding hydrogens is 334 g/mol. The van der Waals surface area contributed by atoms with E-state index in [-0.39, 0.29) is 12.1 Å². The van der Waals surface area contributed by atoms with Gasteiger partial charge in [-0.1, -0.05) is 11.2 Å². The number of pyridine rings is 1. The quantitative estimate of drug-likeness (QED) is 0.776. The Morgan fingerprint density at radius 3 is 3.00 bits per heavy atom. The molecule has 1 fully saturated rings. The molecule has 8 heteroatoms. The summed E-state index contributed by atoms with van der Waals surface area (Å²) in [6.45, 7) is 2.41. The Bertz CT molecular complexity index is 955. The molecule has 2 aromatic heterocycles. The molecule has 0 saturated carbocycles. The van der Waals surface area contributed by atoms with Crippen molar-refractivity contribution in [2.75, 3.05) is 19.0 Å². The second-order valence-corrected chi connectivity index (χ2v) is 6.18. The minimum atomic E-state index is -0.192. The third-order valence-electron chi connectivity index (χ3n) is 4.55. The number of carbonyl (C=O) groups is 1. The average Bonchev–Trinajstić information content (AvgIpc) is 3.30. The molecular formula is C18H19N5O3. The summed E-state index contributed by atoms with van der Waals surface area (Å²) in [5, 5.41) is 8.55. The lowest BCUT2D eigenvalue weighted by Crippen LogP contribution is -2.34. The maximum atomic E-state index is 12.9. The molecule has 1 atom stereocenters. The van der Waals surface area contributed by atoms with Gasteiger partial charge in [-0.15, -0.1) is 0 Å². The van der Waals surface area contributed by atoms with Crippen molar-refractivity contribution in [2.45, 2.75) is 25.8 Å². The molecule has 1 aromatic carbocycles. The van der Waals surface area contributed by atoms with E-state index < -0.39 is 0 Å². The van der Waals surface area contributed by atoms with Crippen molar-refractivity contribution in [3.63, 3.8) is 0 Å². The van der Waals surface area contributed by atoms with Crippen LogP contribution in [0.25, 0.3) is 10.8 Å². The first kappa shape index (κ1) is 16.3. The Morgan fingerprint density at radius 1 is 1.35 bits per heavy atom. The molecule has 1 aliphatic heterocycles. The van der Waals surface area contributed by atoms with E-state index in [1.165, 1.54) is 0 Å². The highest BCUT2D eigenvalue weighted by molar-refractivity contribution is 6.03. The Hall–Kier alpha value is -3.16. The fourth-order valence-corrected chi connectivity index (χ4v) is 3.35. The average molecular weight is 353 g/mol. The summed E-state index contributed by atoms with van der Waals surface area (Å²) in [7, 11) is 1.58. The Balaban J connectivity index is 1.61. The number of hydrogen-bond donors (Lipinski definition) is 1. The van der Waals surface area contributed by atoms with Crippen LogP contribution in [0.2, 0.25) is 0 Å². The van der Waals surface area contributed by atoms with Gasteiger partial charge in [-0.2, -0.15) is 4.98 Å². The van der Waals surface area contributed by atoms with Gasteiger partial charge >= 0.3 is 6.03 Å². The normalized spacial score (nSPS) is 16.8. The Morgan fingerprint density at radius 2 is 2.23 bits per heavy atom. The topological polar surface area (TPSA) is 93.4 Å². The highest BCUT2D eigenvalue weighted by Gasteiger charge is 2.34. The molecule has 26 heavy (non-hydrogen) atoms. The number of aromatic nitrogens is 3. The third-order valence-corrected chi connectivity index (χ3v) is 4.55. The minimum Gasteiger partial charge on any atom is -0.481 e. The standard InChI is InChI=1S/C18H19N5O3/c1-11-20-17(26-22-11)15-7-4-10-23(15)18(24)21-14-6-3-5-13-12(14)8-9-19-16(13)25-2/h3,5-6,8-9,15H,4,7,10H2,1-2H3,(H,21,24). The summed E-state index contributed by atoms with van der Waals surface area (Å²) in [4.78, 5) is 23.1. The number of anilines is 1. The summed E-state index contributed by atoms with van der Waals surface area (Å²) in [5.74, 6) is 1.58. The van der Waals surface area contributed by atoms with Crippen LogP contribution in [-0.4, -0.2) is 39.7 Å². The van der Waals surface area contributed by atoms with Crippen LogP contribution < -0.4 is 10.1 Å². The molecule has 3 heterocycles. The number of rotatable bonds is 3. The second kappa shape index (κ2) is 6.62. The lowest BCUT2D eigenvalue weighted by molar-refractivity contribution is 0.193. The number of methoxy groups -OCH3 is 1. The van der Waals surface area contributed by atoms with Gasteiger partial charge in [0, 0.05) is 23.5 Å². The van der Waals surface area contributed by atoms with Gasteiger partial charge in [-0.25, -0.2) is 9.78 Å². The van der Waals surface area contributed by atoms with Crippen molar-refractivity contribution >= 4 is 22.5 Å². The summed E-state index contributed by atoms with van der Waals surface area (Å²) in [5.41, 5.74) is 0.709. The highest BCUT2D eigenvalue weighted by Crippen LogP contribution is 2.33. The zero-order chi connectivity index (χ0) is 18.1. The van der Waals surface area contributed by atoms with Gasteiger partial charge in [0.25, 0.3) is 0 Å². The molecule has 2 amide bonds. The van der Waals surface area contributed by atoms with Crippen molar-refractivity contribution < 1.29 is 14.1 Å². The Kier molecular flexibility index (Phi) is 4.16. The van der Waals surface area contributed by atoms with Crippen molar-refractivity contribution in [1.29, 1.82) is 0 Å². The number of likely N-dealkylation sites (tertiary alicyclic amines) is 1. The molecule has 1 unspecified atom stereocenters. The van der Waals surface area contributed by atoms with E-state index in [4.69, 9.17) is 9.26 Å². The van der Waals surface area contributed by atoms with Gasteiger partial charge in [0.1, 0.15) is 6.04 Å². The van der Waals surface area contributed by atoms with Crippen LogP contribution in [0.3, 0.4) is 0 Å². The molecule has 8 nitrogen and oxygen atoms in total. The van der Waals surface area contributed by atoms with Crippen LogP contribution in [0.1, 0.15) is 30.6 Å². The van der Waals surface area contributed by atoms with Crippen LogP contribution in [-0.2, 0) is 0 Å². The second-order valence-electron chi connectivity index (χ2n) is 6.18. The fourth-order valence-electron chi connectivity index (χ4n) is 3.35. The predicted octanol–water partition coefficient (Wildman–Crippen LogP) is 3.30. The van der Waals surface area contributed by atoms with Crippen molar-refractivity contribution in [3.8, 4) is 5.88 Å². The number of carbonyl (C=O) groups excluding carboxylic acids is 1. The third kappa shape index (κ3) is 2.83. The number of nitrogens with zero attached hydrogens (tertiary/aromatic N) is 4. The largest absolute Gasteiger partial charge is 0.481 e. The minimum absolute atomic E-state index is 0.188. The molecule has 4 rings (SSSR count). The first-order chi connectivity index (χ1) is 12.7. The molecule has 1 aliphatic rings. The van der Waals surface area contributed by atoms with E-state index in [0.717, 1.165) is 23.6 Å². The molecule has 0 bridgehead atoms. The van der Waals surface area contributed by atoms with Gasteiger partial charge < -0.3 is 19.5 Å². The Labute approximate surface area is 150 Å². The molecule has 3 aromatic rings. The van der Waals surface area contributed by atoms with Gasteiger partial charge in [0.15, 0.2) is 5.82 Å². The number of urea groups is 1. The maximum absolute atomic E-state index is 12.9. The van der Waals surface area contributed by atoms with Crippen LogP contribution in [0.5, 0.6) is 5.88 Å². The molecule has 0 aliphatic carbocycles. The number of benzene rings is 1. The smallest absolute Gasteiger partial charge is 0.322 e. The van der Waals surface area contributed by atoms with Crippen molar-refractivity contribution in [1.82, 2.24) is 20.0 Å². The zero-order valence-electron chi connectivity index (χ0n) is 14.6. The molecule has 1 saturated heterocycles. The molecule has 0 radical (unpaired) electrons. The van der Waals surface area contributed by atoms with Gasteiger partial charge in [-0.05, 0) is 38.0 Å². The van der Waals surface area contributed by atoms with Crippen molar-refractivity contribution in [3.05, 3.63) is 42.2 Å². The number of hydrogen-bond acceptors (Lipinski definition) is 6. The van der Waals surface area contributed by atoms with Crippen LogP contribution in [0, 0.1) is 6.92 Å². The van der Waals surface area contributed by atoms with Crippen LogP contribution >= 0.6 is 0 Å². The van der Waals surface area contributed by atoms with E-state index in [1.54, 1.807) is 25.1 Å². The van der Waals surface area contributed by atoms with Gasteiger partial charge in [-0.3, -0.25) is 0 Å². The highest BCUT2D eigenvalue weighted by atomic mass is 16.5. The molecule has 0 spiro atoms. The summed E-state index contributed by atoms with van der Waals surface area (Å²) in [6, 6.07) is 7.12. The molecule has 134 valence electrons. The predicted molar refractivity (Wildman–Crippen MR) is 95.0 cm³/mol. The first-order valence-electron chi connectivity index (χ1n) is 8.47. The fraction of sp³-hybridized carbons (Fsp3) is 0.333. The SMILES string of the molecule is COc1nccc2c(NC(=O)N3CCCC3c3nc(C)no3)cccc12. The lowest BCUT2D eigenvalue weighted by Gasteiger charge is -2.22. The van der Waals surface area contributed by atoms with Gasteiger partial charge in [0.2, 0.25) is 11.8 Å². The van der Waals surface area contributed by atoms with E-state index >= 15 is 0 Å².